The van der Waals surface area contributed by atoms with Gasteiger partial charge in [0.1, 0.15) is 11.2 Å². The Morgan fingerprint density at radius 3 is 2.38 bits per heavy atom. The van der Waals surface area contributed by atoms with Crippen molar-refractivity contribution in [3.8, 4) is 0 Å². The third-order valence-corrected chi connectivity index (χ3v) is 8.35. The van der Waals surface area contributed by atoms with Crippen LogP contribution < -0.4 is 0 Å². The van der Waals surface area contributed by atoms with Gasteiger partial charge < -0.3 is 24.3 Å². The fourth-order valence-electron chi connectivity index (χ4n) is 3.27. The molecule has 0 aliphatic carbocycles. The SMILES string of the molecule is CCCC[Si](C)(C)OCCC(O)(CN(CCO)C(=O)OC(C)(C)C)c1ccc(Cl)c(Cl)c1. The van der Waals surface area contributed by atoms with E-state index in [9.17, 15) is 15.0 Å². The highest BCUT2D eigenvalue weighted by atomic mass is 35.5. The molecule has 0 saturated heterocycles. The maximum atomic E-state index is 12.7. The van der Waals surface area contributed by atoms with Crippen molar-refractivity contribution in [2.24, 2.45) is 0 Å². The lowest BCUT2D eigenvalue weighted by Crippen LogP contribution is -2.47. The molecule has 32 heavy (non-hydrogen) atoms. The van der Waals surface area contributed by atoms with E-state index >= 15 is 0 Å². The molecule has 0 heterocycles. The summed E-state index contributed by atoms with van der Waals surface area (Å²) in [7, 11) is -1.86. The van der Waals surface area contributed by atoms with Gasteiger partial charge in [0.25, 0.3) is 0 Å². The zero-order valence-electron chi connectivity index (χ0n) is 20.2. The van der Waals surface area contributed by atoms with Gasteiger partial charge in [0, 0.05) is 19.6 Å². The smallest absolute Gasteiger partial charge is 0.410 e. The molecular formula is C23H39Cl2NO5Si. The van der Waals surface area contributed by atoms with Gasteiger partial charge >= 0.3 is 6.09 Å². The zero-order chi connectivity index (χ0) is 24.6. The van der Waals surface area contributed by atoms with Gasteiger partial charge in [0.05, 0.1) is 23.2 Å². The second-order valence-corrected chi connectivity index (χ2v) is 14.9. The van der Waals surface area contributed by atoms with Crippen LogP contribution in [0.5, 0.6) is 0 Å². The van der Waals surface area contributed by atoms with Crippen LogP contribution in [-0.4, -0.2) is 61.4 Å². The maximum absolute atomic E-state index is 12.7. The summed E-state index contributed by atoms with van der Waals surface area (Å²) in [5.74, 6) is 0. The van der Waals surface area contributed by atoms with Crippen LogP contribution >= 0.6 is 23.2 Å². The van der Waals surface area contributed by atoms with E-state index in [-0.39, 0.29) is 26.1 Å². The molecule has 1 aromatic carbocycles. The number of hydrogen-bond donors (Lipinski definition) is 2. The number of unbranched alkanes of at least 4 members (excludes halogenated alkanes) is 1. The van der Waals surface area contributed by atoms with Crippen LogP contribution in [0.1, 0.15) is 52.5 Å². The zero-order valence-corrected chi connectivity index (χ0v) is 22.7. The van der Waals surface area contributed by atoms with Crippen LogP contribution in [-0.2, 0) is 14.8 Å². The van der Waals surface area contributed by atoms with Gasteiger partial charge in [-0.05, 0) is 57.6 Å². The Labute approximate surface area is 203 Å². The number of amides is 1. The number of carbonyl (C=O) groups is 1. The monoisotopic (exact) mass is 507 g/mol. The van der Waals surface area contributed by atoms with E-state index in [0.717, 1.165) is 18.9 Å². The highest BCUT2D eigenvalue weighted by molar-refractivity contribution is 6.71. The Bertz CT molecular complexity index is 742. The largest absolute Gasteiger partial charge is 0.444 e. The predicted molar refractivity (Wildman–Crippen MR) is 133 cm³/mol. The Hall–Kier alpha value is -0.833. The molecule has 0 bridgehead atoms. The molecule has 0 spiro atoms. The van der Waals surface area contributed by atoms with Crippen LogP contribution in [0.4, 0.5) is 4.79 Å². The molecule has 1 rings (SSSR count). The number of benzene rings is 1. The van der Waals surface area contributed by atoms with Crippen molar-refractivity contribution in [3.63, 3.8) is 0 Å². The number of halogens is 2. The van der Waals surface area contributed by atoms with Gasteiger partial charge in [-0.1, -0.05) is 49.0 Å². The highest BCUT2D eigenvalue weighted by Crippen LogP contribution is 2.33. The molecule has 1 aromatic rings. The number of aliphatic hydroxyl groups excluding tert-OH is 1. The third kappa shape index (κ3) is 9.97. The van der Waals surface area contributed by atoms with E-state index in [4.69, 9.17) is 32.4 Å². The summed E-state index contributed by atoms with van der Waals surface area (Å²) < 4.78 is 11.7. The average Bonchev–Trinajstić information content (AvgIpc) is 2.66. The van der Waals surface area contributed by atoms with E-state index in [1.54, 1.807) is 39.0 Å². The minimum absolute atomic E-state index is 0.0240. The van der Waals surface area contributed by atoms with Crippen molar-refractivity contribution in [2.75, 3.05) is 26.3 Å². The summed E-state index contributed by atoms with van der Waals surface area (Å²) in [5, 5.41) is 21.9. The first kappa shape index (κ1) is 29.2. The number of aliphatic hydroxyl groups is 2. The molecule has 6 nitrogen and oxygen atoms in total. The van der Waals surface area contributed by atoms with Crippen molar-refractivity contribution < 1.29 is 24.2 Å². The third-order valence-electron chi connectivity index (χ3n) is 5.07. The van der Waals surface area contributed by atoms with Gasteiger partial charge in [-0.3, -0.25) is 0 Å². The number of nitrogens with zero attached hydrogens (tertiary/aromatic N) is 1. The quantitative estimate of drug-likeness (QED) is 0.348. The summed E-state index contributed by atoms with van der Waals surface area (Å²) in [4.78, 5) is 14.1. The lowest BCUT2D eigenvalue weighted by atomic mass is 9.90. The summed E-state index contributed by atoms with van der Waals surface area (Å²) in [6.07, 6.45) is 1.86. The van der Waals surface area contributed by atoms with Gasteiger partial charge in [0.15, 0.2) is 8.32 Å². The number of rotatable bonds is 12. The van der Waals surface area contributed by atoms with Gasteiger partial charge in [0.2, 0.25) is 0 Å². The molecule has 2 N–H and O–H groups in total. The molecule has 0 aliphatic rings. The van der Waals surface area contributed by atoms with E-state index in [0.29, 0.717) is 22.2 Å². The Kier molecular flexibility index (Phi) is 11.5. The van der Waals surface area contributed by atoms with Crippen LogP contribution in [0, 0.1) is 0 Å². The molecule has 0 fully saturated rings. The highest BCUT2D eigenvalue weighted by Gasteiger charge is 2.36. The standard InChI is InChI=1S/C23H39Cl2NO5Si/c1-7-8-15-32(5,6)30-14-11-23(29,18-9-10-19(24)20(25)16-18)17-26(12-13-27)21(28)31-22(2,3)4/h9-10,16,27,29H,7-8,11-15,17H2,1-6H3. The molecule has 1 atom stereocenters. The van der Waals surface area contributed by atoms with E-state index < -0.39 is 25.6 Å². The van der Waals surface area contributed by atoms with Gasteiger partial charge in [-0.2, -0.15) is 0 Å². The van der Waals surface area contributed by atoms with Crippen LogP contribution in [0.3, 0.4) is 0 Å². The molecule has 1 unspecified atom stereocenters. The van der Waals surface area contributed by atoms with Crippen LogP contribution in [0.25, 0.3) is 0 Å². The second-order valence-electron chi connectivity index (χ2n) is 9.75. The van der Waals surface area contributed by atoms with Gasteiger partial charge in [-0.15, -0.1) is 0 Å². The summed E-state index contributed by atoms with van der Waals surface area (Å²) in [6, 6.07) is 5.97. The molecule has 0 saturated carbocycles. The fraction of sp³-hybridized carbons (Fsp3) is 0.696. The maximum Gasteiger partial charge on any atom is 0.410 e. The fourth-order valence-corrected chi connectivity index (χ4v) is 5.57. The Morgan fingerprint density at radius 2 is 1.84 bits per heavy atom. The molecule has 184 valence electrons. The lowest BCUT2D eigenvalue weighted by Gasteiger charge is -2.36. The number of ether oxygens (including phenoxy) is 1. The van der Waals surface area contributed by atoms with Crippen LogP contribution in [0.15, 0.2) is 18.2 Å². The van der Waals surface area contributed by atoms with Crippen molar-refractivity contribution in [1.82, 2.24) is 4.90 Å². The number of hydrogen-bond acceptors (Lipinski definition) is 5. The first-order valence-corrected chi connectivity index (χ1v) is 15.0. The molecule has 9 heteroatoms. The minimum Gasteiger partial charge on any atom is -0.444 e. The van der Waals surface area contributed by atoms with Crippen molar-refractivity contribution in [3.05, 3.63) is 33.8 Å². The van der Waals surface area contributed by atoms with Crippen molar-refractivity contribution >= 4 is 37.6 Å². The Morgan fingerprint density at radius 1 is 1.19 bits per heavy atom. The van der Waals surface area contributed by atoms with E-state index in [1.165, 1.54) is 4.90 Å². The molecular weight excluding hydrogens is 469 g/mol. The first-order chi connectivity index (χ1) is 14.7. The van der Waals surface area contributed by atoms with E-state index in [1.807, 2.05) is 0 Å². The van der Waals surface area contributed by atoms with Crippen LogP contribution in [0.2, 0.25) is 29.2 Å². The van der Waals surface area contributed by atoms with Gasteiger partial charge in [-0.25, -0.2) is 4.79 Å². The minimum atomic E-state index is -1.86. The lowest BCUT2D eigenvalue weighted by molar-refractivity contribution is -0.0345. The van der Waals surface area contributed by atoms with E-state index in [2.05, 4.69) is 20.0 Å². The first-order valence-electron chi connectivity index (χ1n) is 11.1. The average molecular weight is 509 g/mol. The van der Waals surface area contributed by atoms with Crippen molar-refractivity contribution in [1.29, 1.82) is 0 Å². The summed E-state index contributed by atoms with van der Waals surface area (Å²) in [5.41, 5.74) is -1.64. The topological polar surface area (TPSA) is 79.2 Å². The summed E-state index contributed by atoms with van der Waals surface area (Å²) >= 11 is 12.3. The second kappa shape index (κ2) is 12.6. The molecule has 1 amide bonds. The Balaban J connectivity index is 3.14. The normalized spacial score (nSPS) is 14.2. The summed E-state index contributed by atoms with van der Waals surface area (Å²) in [6.45, 7) is 11.8. The molecule has 0 aromatic heterocycles. The molecule has 0 aliphatic heterocycles. The van der Waals surface area contributed by atoms with Crippen molar-refractivity contribution in [2.45, 2.75) is 77.3 Å². The molecule has 0 radical (unpaired) electrons. The predicted octanol–water partition coefficient (Wildman–Crippen LogP) is 5.82. The number of carbonyl (C=O) groups excluding carboxylic acids is 1.